The molecule has 0 fully saturated rings. The molecule has 0 aromatic carbocycles. The van der Waals surface area contributed by atoms with E-state index in [9.17, 15) is 0 Å². The van der Waals surface area contributed by atoms with Crippen LogP contribution in [-0.2, 0) is 0 Å². The van der Waals surface area contributed by atoms with Crippen molar-refractivity contribution in [3.63, 3.8) is 0 Å². The van der Waals surface area contributed by atoms with Gasteiger partial charge in [0.2, 0.25) is 0 Å². The lowest BCUT2D eigenvalue weighted by Gasteiger charge is -1.80. The predicted molar refractivity (Wildman–Crippen MR) is 37.2 cm³/mol. The van der Waals surface area contributed by atoms with E-state index in [1.54, 1.807) is 0 Å². The fourth-order valence-electron chi connectivity index (χ4n) is 0.573. The van der Waals surface area contributed by atoms with Crippen molar-refractivity contribution in [1.82, 2.24) is 4.98 Å². The maximum atomic E-state index is 5.38. The highest BCUT2D eigenvalue weighted by Gasteiger charge is 1.93. The van der Waals surface area contributed by atoms with E-state index in [2.05, 4.69) is 17.6 Å². The SMILES string of the molecule is Cc1cc(N)[nH]c1S. The van der Waals surface area contributed by atoms with E-state index in [-0.39, 0.29) is 0 Å². The molecule has 0 amide bonds. The van der Waals surface area contributed by atoms with Crippen molar-refractivity contribution in [2.45, 2.75) is 11.9 Å². The van der Waals surface area contributed by atoms with Gasteiger partial charge in [0.15, 0.2) is 0 Å². The van der Waals surface area contributed by atoms with Crippen molar-refractivity contribution in [2.75, 3.05) is 5.73 Å². The maximum Gasteiger partial charge on any atom is 0.101 e. The van der Waals surface area contributed by atoms with E-state index in [4.69, 9.17) is 5.73 Å². The fraction of sp³-hybridized carbons (Fsp3) is 0.200. The minimum atomic E-state index is 0.674. The summed E-state index contributed by atoms with van der Waals surface area (Å²) in [5.74, 6) is 0.674. The second-order valence-electron chi connectivity index (χ2n) is 1.76. The Balaban J connectivity index is 3.14. The molecular formula is C5H8N2S. The Bertz CT molecular complexity index is 173. The molecule has 0 saturated heterocycles. The standard InChI is InChI=1S/C5H8N2S/c1-3-2-4(6)7-5(3)8/h2,7-8H,6H2,1H3. The number of aryl methyl sites for hydroxylation is 1. The number of nitrogens with two attached hydrogens (primary N) is 1. The van der Waals surface area contributed by atoms with Crippen LogP contribution in [0.5, 0.6) is 0 Å². The van der Waals surface area contributed by atoms with Crippen molar-refractivity contribution < 1.29 is 0 Å². The van der Waals surface area contributed by atoms with Crippen LogP contribution >= 0.6 is 12.6 Å². The third-order valence-corrected chi connectivity index (χ3v) is 1.47. The van der Waals surface area contributed by atoms with Crippen LogP contribution in [0.15, 0.2) is 11.1 Å². The van der Waals surface area contributed by atoms with E-state index < -0.39 is 0 Å². The summed E-state index contributed by atoms with van der Waals surface area (Å²) < 4.78 is 0. The van der Waals surface area contributed by atoms with Crippen LogP contribution in [0.1, 0.15) is 5.56 Å². The van der Waals surface area contributed by atoms with Gasteiger partial charge in [0, 0.05) is 0 Å². The highest BCUT2D eigenvalue weighted by Crippen LogP contribution is 2.13. The first kappa shape index (κ1) is 5.56. The average molecular weight is 128 g/mol. The molecule has 0 aliphatic rings. The third kappa shape index (κ3) is 0.816. The average Bonchev–Trinajstić information content (AvgIpc) is 1.85. The number of rotatable bonds is 0. The predicted octanol–water partition coefficient (Wildman–Crippen LogP) is 1.19. The Hall–Kier alpha value is -0.570. The lowest BCUT2D eigenvalue weighted by molar-refractivity contribution is 1.18. The van der Waals surface area contributed by atoms with Gasteiger partial charge in [-0.2, -0.15) is 0 Å². The Labute approximate surface area is 53.5 Å². The van der Waals surface area contributed by atoms with Crippen LogP contribution < -0.4 is 5.73 Å². The van der Waals surface area contributed by atoms with Gasteiger partial charge in [-0.3, -0.25) is 0 Å². The summed E-state index contributed by atoms with van der Waals surface area (Å²) in [4.78, 5) is 2.85. The molecule has 0 saturated carbocycles. The van der Waals surface area contributed by atoms with Crippen molar-refractivity contribution in [2.24, 2.45) is 0 Å². The molecule has 44 valence electrons. The van der Waals surface area contributed by atoms with Crippen molar-refractivity contribution in [1.29, 1.82) is 0 Å². The van der Waals surface area contributed by atoms with Crippen LogP contribution in [0.2, 0.25) is 0 Å². The molecule has 0 unspecified atom stereocenters. The van der Waals surface area contributed by atoms with Gasteiger partial charge in [0.05, 0.1) is 5.03 Å². The van der Waals surface area contributed by atoms with Gasteiger partial charge in [-0.1, -0.05) is 0 Å². The molecule has 3 N–H and O–H groups in total. The largest absolute Gasteiger partial charge is 0.385 e. The summed E-state index contributed by atoms with van der Waals surface area (Å²) in [6.45, 7) is 1.95. The van der Waals surface area contributed by atoms with Gasteiger partial charge in [0.1, 0.15) is 5.82 Å². The first-order valence-corrected chi connectivity index (χ1v) is 2.79. The molecule has 1 aromatic rings. The minimum Gasteiger partial charge on any atom is -0.385 e. The zero-order valence-electron chi connectivity index (χ0n) is 4.60. The normalized spacial score (nSPS) is 9.75. The fourth-order valence-corrected chi connectivity index (χ4v) is 0.767. The summed E-state index contributed by atoms with van der Waals surface area (Å²) in [5, 5.41) is 0.850. The van der Waals surface area contributed by atoms with Crippen LogP contribution in [0.4, 0.5) is 5.82 Å². The molecule has 0 spiro atoms. The molecule has 0 radical (unpaired) electrons. The van der Waals surface area contributed by atoms with E-state index in [0.29, 0.717) is 5.82 Å². The molecule has 0 aliphatic heterocycles. The van der Waals surface area contributed by atoms with Gasteiger partial charge >= 0.3 is 0 Å². The number of H-pyrrole nitrogens is 1. The lowest BCUT2D eigenvalue weighted by atomic mass is 10.4. The molecule has 1 aromatic heterocycles. The zero-order chi connectivity index (χ0) is 6.15. The topological polar surface area (TPSA) is 41.8 Å². The lowest BCUT2D eigenvalue weighted by Crippen LogP contribution is -1.80. The number of aromatic amines is 1. The molecule has 1 heterocycles. The first-order valence-electron chi connectivity index (χ1n) is 2.34. The number of anilines is 1. The Morgan fingerprint density at radius 1 is 1.75 bits per heavy atom. The smallest absolute Gasteiger partial charge is 0.101 e. The Morgan fingerprint density at radius 2 is 2.38 bits per heavy atom. The summed E-state index contributed by atoms with van der Waals surface area (Å²) in [6.07, 6.45) is 0. The number of hydrogen-bond acceptors (Lipinski definition) is 2. The molecule has 8 heavy (non-hydrogen) atoms. The Kier molecular flexibility index (Phi) is 1.21. The van der Waals surface area contributed by atoms with Gasteiger partial charge < -0.3 is 10.7 Å². The van der Waals surface area contributed by atoms with E-state index in [0.717, 1.165) is 10.6 Å². The summed E-state index contributed by atoms with van der Waals surface area (Å²) in [6, 6.07) is 1.85. The molecule has 0 atom stereocenters. The van der Waals surface area contributed by atoms with Gasteiger partial charge in [-0.15, -0.1) is 12.6 Å². The van der Waals surface area contributed by atoms with Crippen molar-refractivity contribution >= 4 is 18.4 Å². The van der Waals surface area contributed by atoms with Crippen LogP contribution in [-0.4, -0.2) is 4.98 Å². The van der Waals surface area contributed by atoms with Crippen molar-refractivity contribution in [3.05, 3.63) is 11.6 Å². The van der Waals surface area contributed by atoms with Crippen LogP contribution in [0.3, 0.4) is 0 Å². The van der Waals surface area contributed by atoms with Crippen molar-refractivity contribution in [3.8, 4) is 0 Å². The molecule has 2 nitrogen and oxygen atoms in total. The zero-order valence-corrected chi connectivity index (χ0v) is 5.50. The van der Waals surface area contributed by atoms with Crippen LogP contribution in [0.25, 0.3) is 0 Å². The Morgan fingerprint density at radius 3 is 2.50 bits per heavy atom. The molecular weight excluding hydrogens is 120 g/mol. The molecule has 0 bridgehead atoms. The van der Waals surface area contributed by atoms with E-state index in [1.807, 2.05) is 13.0 Å². The van der Waals surface area contributed by atoms with Gasteiger partial charge in [-0.25, -0.2) is 0 Å². The monoisotopic (exact) mass is 128 g/mol. The molecule has 1 rings (SSSR count). The minimum absolute atomic E-state index is 0.674. The van der Waals surface area contributed by atoms with Gasteiger partial charge in [0.25, 0.3) is 0 Å². The maximum absolute atomic E-state index is 5.38. The van der Waals surface area contributed by atoms with Gasteiger partial charge in [-0.05, 0) is 18.6 Å². The number of aromatic nitrogens is 1. The summed E-state index contributed by atoms with van der Waals surface area (Å²) in [7, 11) is 0. The summed E-state index contributed by atoms with van der Waals surface area (Å²) >= 11 is 4.08. The summed E-state index contributed by atoms with van der Waals surface area (Å²) in [5.41, 5.74) is 6.46. The van der Waals surface area contributed by atoms with Crippen LogP contribution in [0, 0.1) is 6.92 Å². The molecule has 3 heteroatoms. The first-order chi connectivity index (χ1) is 3.70. The second-order valence-corrected chi connectivity index (χ2v) is 2.20. The van der Waals surface area contributed by atoms with E-state index >= 15 is 0 Å². The highest BCUT2D eigenvalue weighted by molar-refractivity contribution is 7.80. The highest BCUT2D eigenvalue weighted by atomic mass is 32.1. The number of nitrogens with one attached hydrogen (secondary N) is 1. The third-order valence-electron chi connectivity index (χ3n) is 1.01. The molecule has 0 aliphatic carbocycles. The number of nitrogen functional groups attached to an aromatic ring is 1. The quantitative estimate of drug-likeness (QED) is 0.451. The number of thiol groups is 1. The number of hydrogen-bond donors (Lipinski definition) is 3. The second kappa shape index (κ2) is 1.74. The van der Waals surface area contributed by atoms with E-state index in [1.165, 1.54) is 0 Å².